The largest absolute Gasteiger partial charge is 0.480 e. The lowest BCUT2D eigenvalue weighted by Gasteiger charge is -2.20. The molecule has 3 atom stereocenters. The number of fused-ring (bicyclic) bond motifs is 3. The molecule has 2 amide bonds. The summed E-state index contributed by atoms with van der Waals surface area (Å²) in [5.41, 5.74) is 4.61. The molecule has 4 rings (SSSR count). The van der Waals surface area contributed by atoms with E-state index < -0.39 is 24.0 Å². The van der Waals surface area contributed by atoms with Crippen LogP contribution in [0.3, 0.4) is 0 Å². The number of aliphatic carboxylic acids is 1. The van der Waals surface area contributed by atoms with Gasteiger partial charge < -0.3 is 20.5 Å². The average molecular weight is 449 g/mol. The van der Waals surface area contributed by atoms with Gasteiger partial charge in [-0.15, -0.1) is 0 Å². The maximum absolute atomic E-state index is 12.5. The molecule has 0 aliphatic heterocycles. The second-order valence-corrected chi connectivity index (χ2v) is 8.87. The van der Waals surface area contributed by atoms with Crippen molar-refractivity contribution in [3.8, 4) is 11.1 Å². The molecule has 0 fully saturated rings. The van der Waals surface area contributed by atoms with Gasteiger partial charge in [-0.05, 0) is 34.6 Å². The molecule has 2 aromatic carbocycles. The summed E-state index contributed by atoms with van der Waals surface area (Å²) in [7, 11) is 0. The van der Waals surface area contributed by atoms with Gasteiger partial charge in [0.1, 0.15) is 12.6 Å². The van der Waals surface area contributed by atoms with Crippen LogP contribution in [-0.4, -0.2) is 41.8 Å². The number of carbonyl (C=O) groups excluding carboxylic acids is 2. The van der Waals surface area contributed by atoms with Gasteiger partial charge in [0, 0.05) is 5.92 Å². The Hall–Kier alpha value is -3.61. The topological polar surface area (TPSA) is 105 Å². The summed E-state index contributed by atoms with van der Waals surface area (Å²) in [5, 5.41) is 14.6. The minimum Gasteiger partial charge on any atom is -0.480 e. The number of hydrogen-bond donors (Lipinski definition) is 3. The molecule has 0 saturated heterocycles. The van der Waals surface area contributed by atoms with Crippen molar-refractivity contribution >= 4 is 18.0 Å². The van der Waals surface area contributed by atoms with E-state index >= 15 is 0 Å². The molecule has 2 aliphatic carbocycles. The lowest BCUT2D eigenvalue weighted by Crippen LogP contribution is -2.46. The van der Waals surface area contributed by atoms with E-state index in [1.54, 1.807) is 26.0 Å². The molecule has 2 unspecified atom stereocenters. The molecule has 3 N–H and O–H groups in total. The van der Waals surface area contributed by atoms with Crippen LogP contribution in [0, 0.1) is 11.8 Å². The van der Waals surface area contributed by atoms with Crippen molar-refractivity contribution < 1.29 is 24.2 Å². The standard InChI is InChI=1S/C26H28N2O5/c1-15(2)23(25(30)31)28-24(29)16-11-12-17(13-16)27-26(32)33-14-22-20-9-5-3-7-18(20)19-8-4-6-10-21(19)22/h3-12,15-17,22-23H,13-14H2,1-2H3,(H,27,32)(H,28,29)(H,30,31)/t16?,17?,23-/m1/s1. The van der Waals surface area contributed by atoms with Crippen LogP contribution in [0.1, 0.15) is 37.3 Å². The normalized spacial score (nSPS) is 19.6. The van der Waals surface area contributed by atoms with Crippen LogP contribution in [0.4, 0.5) is 4.79 Å². The van der Waals surface area contributed by atoms with Crippen molar-refractivity contribution in [2.24, 2.45) is 11.8 Å². The van der Waals surface area contributed by atoms with E-state index in [9.17, 15) is 19.5 Å². The molecular formula is C26H28N2O5. The zero-order valence-corrected chi connectivity index (χ0v) is 18.7. The van der Waals surface area contributed by atoms with Gasteiger partial charge in [-0.2, -0.15) is 0 Å². The van der Waals surface area contributed by atoms with Crippen LogP contribution in [0.5, 0.6) is 0 Å². The second-order valence-electron chi connectivity index (χ2n) is 8.87. The van der Waals surface area contributed by atoms with E-state index in [1.165, 1.54) is 0 Å². The molecule has 0 saturated carbocycles. The molecule has 0 spiro atoms. The van der Waals surface area contributed by atoms with Crippen molar-refractivity contribution in [3.05, 3.63) is 71.8 Å². The highest BCUT2D eigenvalue weighted by atomic mass is 16.5. The number of alkyl carbamates (subject to hydrolysis) is 1. The highest BCUT2D eigenvalue weighted by Gasteiger charge is 2.32. The van der Waals surface area contributed by atoms with E-state index in [0.717, 1.165) is 22.3 Å². The molecule has 0 heterocycles. The Bertz CT molecular complexity index is 1050. The Kier molecular flexibility index (Phi) is 6.49. The maximum atomic E-state index is 12.5. The number of ether oxygens (including phenoxy) is 1. The minimum absolute atomic E-state index is 0.0234. The Morgan fingerprint density at radius 2 is 1.61 bits per heavy atom. The first-order valence-corrected chi connectivity index (χ1v) is 11.2. The average Bonchev–Trinajstić information content (AvgIpc) is 3.38. The first-order chi connectivity index (χ1) is 15.8. The van der Waals surface area contributed by atoms with E-state index in [1.807, 2.05) is 24.3 Å². The fourth-order valence-corrected chi connectivity index (χ4v) is 4.57. The number of carboxylic acid groups (broad SMARTS) is 1. The van der Waals surface area contributed by atoms with Crippen molar-refractivity contribution in [2.75, 3.05) is 6.61 Å². The Balaban J connectivity index is 1.31. The van der Waals surface area contributed by atoms with Crippen LogP contribution in [0.2, 0.25) is 0 Å². The first kappa shape index (κ1) is 22.6. The fourth-order valence-electron chi connectivity index (χ4n) is 4.57. The number of benzene rings is 2. The smallest absolute Gasteiger partial charge is 0.407 e. The van der Waals surface area contributed by atoms with E-state index in [-0.39, 0.29) is 30.4 Å². The third kappa shape index (κ3) is 4.77. The molecule has 7 nitrogen and oxygen atoms in total. The van der Waals surface area contributed by atoms with Crippen LogP contribution in [0.25, 0.3) is 11.1 Å². The molecule has 7 heteroatoms. The van der Waals surface area contributed by atoms with Crippen LogP contribution >= 0.6 is 0 Å². The minimum atomic E-state index is -1.06. The van der Waals surface area contributed by atoms with Gasteiger partial charge >= 0.3 is 12.1 Å². The number of carbonyl (C=O) groups is 3. The third-order valence-electron chi connectivity index (χ3n) is 6.30. The Labute approximate surface area is 192 Å². The van der Waals surface area contributed by atoms with Gasteiger partial charge in [-0.1, -0.05) is 74.5 Å². The molecule has 0 aromatic heterocycles. The number of rotatable bonds is 7. The molecule has 2 aromatic rings. The van der Waals surface area contributed by atoms with Gasteiger partial charge in [-0.3, -0.25) is 4.79 Å². The maximum Gasteiger partial charge on any atom is 0.407 e. The monoisotopic (exact) mass is 448 g/mol. The predicted octanol–water partition coefficient (Wildman–Crippen LogP) is 3.70. The second kappa shape index (κ2) is 9.48. The van der Waals surface area contributed by atoms with Gasteiger partial charge in [0.05, 0.1) is 12.0 Å². The summed E-state index contributed by atoms with van der Waals surface area (Å²) in [6, 6.07) is 15.0. The van der Waals surface area contributed by atoms with Gasteiger partial charge in [0.15, 0.2) is 0 Å². The number of carboxylic acids is 1. The summed E-state index contributed by atoms with van der Waals surface area (Å²) >= 11 is 0. The Morgan fingerprint density at radius 3 is 2.18 bits per heavy atom. The molecular weight excluding hydrogens is 420 g/mol. The SMILES string of the molecule is CC(C)[C@@H](NC(=O)C1C=CC(NC(=O)OCC2c3ccccc3-c3ccccc32)C1)C(=O)O. The lowest BCUT2D eigenvalue weighted by atomic mass is 9.98. The van der Waals surface area contributed by atoms with Crippen LogP contribution < -0.4 is 10.6 Å². The fraction of sp³-hybridized carbons (Fsp3) is 0.346. The van der Waals surface area contributed by atoms with Crippen LogP contribution in [-0.2, 0) is 14.3 Å². The third-order valence-corrected chi connectivity index (χ3v) is 6.30. The number of nitrogens with one attached hydrogen (secondary N) is 2. The zero-order chi connectivity index (χ0) is 23.5. The number of hydrogen-bond acceptors (Lipinski definition) is 4. The lowest BCUT2D eigenvalue weighted by molar-refractivity contribution is -0.143. The summed E-state index contributed by atoms with van der Waals surface area (Å²) in [6.45, 7) is 3.70. The van der Waals surface area contributed by atoms with E-state index in [0.29, 0.717) is 6.42 Å². The highest BCUT2D eigenvalue weighted by molar-refractivity contribution is 5.86. The van der Waals surface area contributed by atoms with E-state index in [4.69, 9.17) is 4.74 Å². The summed E-state index contributed by atoms with van der Waals surface area (Å²) in [4.78, 5) is 36.3. The number of amides is 2. The molecule has 33 heavy (non-hydrogen) atoms. The molecule has 172 valence electrons. The molecule has 2 aliphatic rings. The van der Waals surface area contributed by atoms with Gasteiger partial charge in [0.2, 0.25) is 5.91 Å². The van der Waals surface area contributed by atoms with Crippen LogP contribution in [0.15, 0.2) is 60.7 Å². The van der Waals surface area contributed by atoms with Gasteiger partial charge in [0.25, 0.3) is 0 Å². The summed E-state index contributed by atoms with van der Waals surface area (Å²) < 4.78 is 5.56. The van der Waals surface area contributed by atoms with Gasteiger partial charge in [-0.25, -0.2) is 9.59 Å². The highest BCUT2D eigenvalue weighted by Crippen LogP contribution is 2.44. The summed E-state index contributed by atoms with van der Waals surface area (Å²) in [6.07, 6.45) is 3.26. The summed E-state index contributed by atoms with van der Waals surface area (Å²) in [5.74, 6) is -2.17. The first-order valence-electron chi connectivity index (χ1n) is 11.2. The van der Waals surface area contributed by atoms with Crippen molar-refractivity contribution in [1.29, 1.82) is 0 Å². The molecule has 0 radical (unpaired) electrons. The zero-order valence-electron chi connectivity index (χ0n) is 18.7. The quantitative estimate of drug-likeness (QED) is 0.561. The van der Waals surface area contributed by atoms with Crippen molar-refractivity contribution in [3.63, 3.8) is 0 Å². The van der Waals surface area contributed by atoms with E-state index in [2.05, 4.69) is 34.9 Å². The Morgan fingerprint density at radius 1 is 1.00 bits per heavy atom. The van der Waals surface area contributed by atoms with Crippen molar-refractivity contribution in [2.45, 2.75) is 38.3 Å². The molecule has 0 bridgehead atoms. The van der Waals surface area contributed by atoms with Crippen molar-refractivity contribution in [1.82, 2.24) is 10.6 Å². The predicted molar refractivity (Wildman–Crippen MR) is 124 cm³/mol.